The number of carbonyl (C=O) groups is 1. The van der Waals surface area contributed by atoms with Crippen molar-refractivity contribution in [2.45, 2.75) is 51.7 Å². The standard InChI is InChI=1S/C21H25NO2S/c1-14-8-7-11-21(2,3)19(14)18-12-17(24)16(13-23)20(25-18)22-15-9-5-4-6-10-15/h4-6,9-10,13,18,23H,7-8,11-12H2,1-3H3/b16-13-,22-20?. The van der Waals surface area contributed by atoms with Crippen molar-refractivity contribution in [3.63, 3.8) is 0 Å². The normalized spacial score (nSPS) is 27.2. The highest BCUT2D eigenvalue weighted by atomic mass is 32.2. The summed E-state index contributed by atoms with van der Waals surface area (Å²) in [6.45, 7) is 6.76. The summed E-state index contributed by atoms with van der Waals surface area (Å²) in [4.78, 5) is 17.3. The number of benzene rings is 1. The molecule has 3 nitrogen and oxygen atoms in total. The van der Waals surface area contributed by atoms with Crippen LogP contribution in [0.4, 0.5) is 5.69 Å². The molecule has 2 aliphatic rings. The summed E-state index contributed by atoms with van der Waals surface area (Å²) in [5, 5.41) is 10.3. The Kier molecular flexibility index (Phi) is 5.19. The highest BCUT2D eigenvalue weighted by Gasteiger charge is 2.39. The van der Waals surface area contributed by atoms with Crippen LogP contribution in [-0.4, -0.2) is 21.2 Å². The third-order valence-corrected chi connectivity index (χ3v) is 6.36. The number of Topliss-reactive ketones (excluding diaryl/α,β-unsaturated/α-hetero) is 1. The van der Waals surface area contributed by atoms with Crippen molar-refractivity contribution >= 4 is 28.3 Å². The number of nitrogens with zero attached hydrogens (tertiary/aromatic N) is 1. The lowest BCUT2D eigenvalue weighted by Gasteiger charge is -2.40. The molecule has 1 aliphatic carbocycles. The van der Waals surface area contributed by atoms with Crippen molar-refractivity contribution in [1.82, 2.24) is 0 Å². The average Bonchev–Trinajstić information content (AvgIpc) is 2.55. The summed E-state index contributed by atoms with van der Waals surface area (Å²) in [5.41, 5.74) is 4.05. The summed E-state index contributed by atoms with van der Waals surface area (Å²) in [6.07, 6.45) is 4.82. The number of aliphatic hydroxyl groups is 1. The quantitative estimate of drug-likeness (QED) is 0.417. The number of carbonyl (C=O) groups excluding carboxylic acids is 1. The van der Waals surface area contributed by atoms with Crippen LogP contribution in [0.25, 0.3) is 0 Å². The van der Waals surface area contributed by atoms with Gasteiger partial charge in [0, 0.05) is 11.7 Å². The van der Waals surface area contributed by atoms with Crippen LogP contribution in [0.3, 0.4) is 0 Å². The number of hydrogen-bond donors (Lipinski definition) is 1. The molecule has 1 aliphatic heterocycles. The number of rotatable bonds is 2. The van der Waals surface area contributed by atoms with Crippen molar-refractivity contribution in [3.05, 3.63) is 53.3 Å². The van der Waals surface area contributed by atoms with Crippen LogP contribution in [0.5, 0.6) is 0 Å². The number of ketones is 1. The molecule has 1 aromatic carbocycles. The molecule has 1 aromatic rings. The molecule has 1 unspecified atom stereocenters. The molecule has 1 saturated heterocycles. The van der Waals surface area contributed by atoms with Crippen LogP contribution in [-0.2, 0) is 4.79 Å². The van der Waals surface area contributed by atoms with Crippen LogP contribution in [0.15, 0.2) is 58.3 Å². The molecule has 25 heavy (non-hydrogen) atoms. The fourth-order valence-corrected chi connectivity index (χ4v) is 5.58. The topological polar surface area (TPSA) is 49.7 Å². The van der Waals surface area contributed by atoms with Gasteiger partial charge in [-0.05, 0) is 43.7 Å². The van der Waals surface area contributed by atoms with Crippen LogP contribution >= 0.6 is 11.8 Å². The Morgan fingerprint density at radius 2 is 2.00 bits per heavy atom. The van der Waals surface area contributed by atoms with E-state index in [-0.39, 0.29) is 16.4 Å². The second kappa shape index (κ2) is 7.20. The Morgan fingerprint density at radius 3 is 2.64 bits per heavy atom. The van der Waals surface area contributed by atoms with Crippen molar-refractivity contribution < 1.29 is 9.90 Å². The molecule has 0 bridgehead atoms. The number of allylic oxidation sites excluding steroid dienone is 1. The van der Waals surface area contributed by atoms with E-state index in [1.807, 2.05) is 30.3 Å². The first-order chi connectivity index (χ1) is 11.9. The van der Waals surface area contributed by atoms with Crippen LogP contribution in [0.1, 0.15) is 46.5 Å². The lowest BCUT2D eigenvalue weighted by Crippen LogP contribution is -2.33. The molecule has 1 fully saturated rings. The summed E-state index contributed by atoms with van der Waals surface area (Å²) >= 11 is 1.62. The van der Waals surface area contributed by atoms with Gasteiger partial charge in [0.05, 0.1) is 17.5 Å². The highest BCUT2D eigenvalue weighted by molar-refractivity contribution is 8.15. The molecule has 4 heteroatoms. The summed E-state index contributed by atoms with van der Waals surface area (Å²) in [6, 6.07) is 9.60. The Morgan fingerprint density at radius 1 is 1.28 bits per heavy atom. The minimum Gasteiger partial charge on any atom is -0.515 e. The Balaban J connectivity index is 2.00. The zero-order chi connectivity index (χ0) is 18.0. The van der Waals surface area contributed by atoms with Crippen molar-refractivity contribution in [1.29, 1.82) is 0 Å². The molecule has 1 atom stereocenters. The SMILES string of the molecule is CC1=C(C2CC(=O)/C(=C/O)C(=Nc3ccccc3)S2)C(C)(C)CCC1. The number of aliphatic hydroxyl groups excluding tert-OH is 1. The van der Waals surface area contributed by atoms with Gasteiger partial charge in [-0.2, -0.15) is 0 Å². The van der Waals surface area contributed by atoms with Crippen LogP contribution in [0, 0.1) is 5.41 Å². The second-order valence-electron chi connectivity index (χ2n) is 7.46. The first-order valence-electron chi connectivity index (χ1n) is 8.81. The fraction of sp³-hybridized carbons (Fsp3) is 0.429. The zero-order valence-corrected chi connectivity index (χ0v) is 15.9. The van der Waals surface area contributed by atoms with E-state index in [1.165, 1.54) is 17.6 Å². The van der Waals surface area contributed by atoms with Gasteiger partial charge < -0.3 is 5.11 Å². The summed E-state index contributed by atoms with van der Waals surface area (Å²) in [7, 11) is 0. The van der Waals surface area contributed by atoms with Crippen LogP contribution < -0.4 is 0 Å². The first kappa shape index (κ1) is 18.0. The average molecular weight is 356 g/mol. The van der Waals surface area contributed by atoms with Gasteiger partial charge >= 0.3 is 0 Å². The minimum absolute atomic E-state index is 0.0254. The second-order valence-corrected chi connectivity index (χ2v) is 8.65. The van der Waals surface area contributed by atoms with Gasteiger partial charge in [0.1, 0.15) is 5.04 Å². The Bertz CT molecular complexity index is 759. The van der Waals surface area contributed by atoms with Gasteiger partial charge in [0.15, 0.2) is 5.78 Å². The zero-order valence-electron chi connectivity index (χ0n) is 15.1. The van der Waals surface area contributed by atoms with Gasteiger partial charge in [-0.15, -0.1) is 0 Å². The fourth-order valence-electron chi connectivity index (χ4n) is 3.99. The Hall–Kier alpha value is -1.81. The molecular formula is C21H25NO2S. The molecule has 0 spiro atoms. The number of aliphatic imine (C=N–C) groups is 1. The van der Waals surface area contributed by atoms with Gasteiger partial charge in [0.25, 0.3) is 0 Å². The lowest BCUT2D eigenvalue weighted by molar-refractivity contribution is -0.115. The maximum atomic E-state index is 12.7. The first-order valence-corrected chi connectivity index (χ1v) is 9.69. The molecule has 1 heterocycles. The van der Waals surface area contributed by atoms with E-state index in [4.69, 9.17) is 0 Å². The highest BCUT2D eigenvalue weighted by Crippen LogP contribution is 2.48. The van der Waals surface area contributed by atoms with Crippen molar-refractivity contribution in [2.24, 2.45) is 10.4 Å². The number of thioether (sulfide) groups is 1. The molecule has 1 N–H and O–H groups in total. The number of para-hydroxylation sites is 1. The smallest absolute Gasteiger partial charge is 0.170 e. The third kappa shape index (κ3) is 3.74. The van der Waals surface area contributed by atoms with E-state index in [9.17, 15) is 9.90 Å². The molecule has 3 rings (SSSR count). The monoisotopic (exact) mass is 355 g/mol. The van der Waals surface area contributed by atoms with E-state index >= 15 is 0 Å². The lowest BCUT2D eigenvalue weighted by atomic mass is 9.70. The van der Waals surface area contributed by atoms with Crippen molar-refractivity contribution in [3.8, 4) is 0 Å². The minimum atomic E-state index is -0.0254. The van der Waals surface area contributed by atoms with Crippen LogP contribution in [0.2, 0.25) is 0 Å². The third-order valence-electron chi connectivity index (χ3n) is 5.14. The van der Waals surface area contributed by atoms with Gasteiger partial charge in [-0.3, -0.25) is 4.79 Å². The van der Waals surface area contributed by atoms with E-state index in [0.29, 0.717) is 17.0 Å². The van der Waals surface area contributed by atoms with E-state index in [1.54, 1.807) is 11.8 Å². The van der Waals surface area contributed by atoms with Crippen molar-refractivity contribution in [2.75, 3.05) is 0 Å². The van der Waals surface area contributed by atoms with E-state index < -0.39 is 0 Å². The molecule has 0 saturated carbocycles. The van der Waals surface area contributed by atoms with Gasteiger partial charge in [-0.25, -0.2) is 4.99 Å². The molecule has 132 valence electrons. The van der Waals surface area contributed by atoms with E-state index in [0.717, 1.165) is 24.8 Å². The largest absolute Gasteiger partial charge is 0.515 e. The molecular weight excluding hydrogens is 330 g/mol. The molecule has 0 amide bonds. The predicted molar refractivity (Wildman–Crippen MR) is 106 cm³/mol. The summed E-state index contributed by atoms with van der Waals surface area (Å²) < 4.78 is 0. The maximum absolute atomic E-state index is 12.7. The van der Waals surface area contributed by atoms with Gasteiger partial charge in [-0.1, -0.05) is 55.0 Å². The van der Waals surface area contributed by atoms with Gasteiger partial charge in [0.2, 0.25) is 0 Å². The van der Waals surface area contributed by atoms with E-state index in [2.05, 4.69) is 25.8 Å². The molecule has 0 radical (unpaired) electrons. The maximum Gasteiger partial charge on any atom is 0.170 e. The predicted octanol–water partition coefficient (Wildman–Crippen LogP) is 5.76. The molecule has 0 aromatic heterocycles. The number of hydrogen-bond acceptors (Lipinski definition) is 4. The summed E-state index contributed by atoms with van der Waals surface area (Å²) in [5.74, 6) is -0.0254. The Labute approximate surface area is 153 Å².